The Bertz CT molecular complexity index is 535. The van der Waals surface area contributed by atoms with Crippen LogP contribution in [-0.2, 0) is 5.41 Å². The number of rotatable bonds is 2. The zero-order chi connectivity index (χ0) is 13.8. The van der Waals surface area contributed by atoms with Gasteiger partial charge in [-0.1, -0.05) is 26.8 Å². The Kier molecular flexibility index (Phi) is 4.13. The van der Waals surface area contributed by atoms with Crippen molar-refractivity contribution in [2.24, 2.45) is 0 Å². The van der Waals surface area contributed by atoms with Crippen LogP contribution in [0.25, 0.3) is 6.08 Å². The highest BCUT2D eigenvalue weighted by Gasteiger charge is 2.18. The monoisotopic (exact) mass is 240 g/mol. The Morgan fingerprint density at radius 2 is 1.83 bits per heavy atom. The van der Waals surface area contributed by atoms with Gasteiger partial charge in [0.25, 0.3) is 0 Å². The topological polar surface area (TPSA) is 56.8 Å². The third-order valence-electron chi connectivity index (χ3n) is 2.58. The molecule has 92 valence electrons. The number of nitrogens with zero attached hydrogens (tertiary/aromatic N) is 2. The lowest BCUT2D eigenvalue weighted by atomic mass is 9.85. The van der Waals surface area contributed by atoms with Crippen LogP contribution in [0.15, 0.2) is 23.8 Å². The maximum absolute atomic E-state index is 8.75. The number of ether oxygens (including phenoxy) is 1. The number of hydrogen-bond acceptors (Lipinski definition) is 3. The van der Waals surface area contributed by atoms with Crippen LogP contribution in [0.1, 0.15) is 31.9 Å². The summed E-state index contributed by atoms with van der Waals surface area (Å²) in [5.41, 5.74) is 1.92. The maximum atomic E-state index is 8.75. The molecule has 0 bridgehead atoms. The first-order valence-electron chi connectivity index (χ1n) is 5.62. The lowest BCUT2D eigenvalue weighted by Crippen LogP contribution is -2.13. The summed E-state index contributed by atoms with van der Waals surface area (Å²) in [6.07, 6.45) is 1.58. The molecule has 3 heteroatoms. The molecular weight excluding hydrogens is 224 g/mol. The van der Waals surface area contributed by atoms with Crippen molar-refractivity contribution in [2.75, 3.05) is 7.11 Å². The van der Waals surface area contributed by atoms with Gasteiger partial charge in [0.05, 0.1) is 7.11 Å². The van der Waals surface area contributed by atoms with Gasteiger partial charge in [-0.3, -0.25) is 0 Å². The molecule has 0 saturated carbocycles. The van der Waals surface area contributed by atoms with Crippen LogP contribution in [0, 0.1) is 22.7 Å². The summed E-state index contributed by atoms with van der Waals surface area (Å²) in [6.45, 7) is 6.27. The van der Waals surface area contributed by atoms with E-state index < -0.39 is 0 Å². The summed E-state index contributed by atoms with van der Waals surface area (Å²) in [5, 5.41) is 17.5. The average Bonchev–Trinajstić information content (AvgIpc) is 2.34. The minimum absolute atomic E-state index is 0.0609. The van der Waals surface area contributed by atoms with Gasteiger partial charge in [-0.15, -0.1) is 0 Å². The van der Waals surface area contributed by atoms with Crippen molar-refractivity contribution in [2.45, 2.75) is 26.2 Å². The summed E-state index contributed by atoms with van der Waals surface area (Å²) in [4.78, 5) is 0. The zero-order valence-corrected chi connectivity index (χ0v) is 11.1. The molecule has 3 nitrogen and oxygen atoms in total. The van der Waals surface area contributed by atoms with Gasteiger partial charge in [0.1, 0.15) is 23.5 Å². The van der Waals surface area contributed by atoms with E-state index in [1.807, 2.05) is 30.3 Å². The first kappa shape index (κ1) is 13.8. The molecule has 0 fully saturated rings. The highest BCUT2D eigenvalue weighted by Crippen LogP contribution is 2.32. The Morgan fingerprint density at radius 1 is 1.22 bits per heavy atom. The molecule has 0 heterocycles. The number of benzene rings is 1. The average molecular weight is 240 g/mol. The summed E-state index contributed by atoms with van der Waals surface area (Å²) >= 11 is 0. The van der Waals surface area contributed by atoms with Crippen LogP contribution < -0.4 is 4.74 Å². The van der Waals surface area contributed by atoms with Crippen molar-refractivity contribution in [1.29, 1.82) is 10.5 Å². The molecule has 0 aromatic heterocycles. The molecule has 0 atom stereocenters. The Balaban J connectivity index is 3.34. The first-order valence-corrected chi connectivity index (χ1v) is 5.62. The van der Waals surface area contributed by atoms with Crippen LogP contribution >= 0.6 is 0 Å². The van der Waals surface area contributed by atoms with E-state index in [0.29, 0.717) is 0 Å². The van der Waals surface area contributed by atoms with Crippen LogP contribution in [0.2, 0.25) is 0 Å². The van der Waals surface area contributed by atoms with Crippen molar-refractivity contribution >= 4 is 6.08 Å². The summed E-state index contributed by atoms with van der Waals surface area (Å²) < 4.78 is 5.33. The van der Waals surface area contributed by atoms with Crippen molar-refractivity contribution in [3.05, 3.63) is 34.9 Å². The Hall–Kier alpha value is -2.26. The molecule has 0 unspecified atom stereocenters. The first-order chi connectivity index (χ1) is 8.42. The highest BCUT2D eigenvalue weighted by molar-refractivity contribution is 5.63. The normalized spacial score (nSPS) is 10.1. The van der Waals surface area contributed by atoms with Gasteiger partial charge in [-0.25, -0.2) is 0 Å². The van der Waals surface area contributed by atoms with Gasteiger partial charge in [-0.2, -0.15) is 10.5 Å². The highest BCUT2D eigenvalue weighted by atomic mass is 16.5. The van der Waals surface area contributed by atoms with Gasteiger partial charge in [0.2, 0.25) is 0 Å². The molecule has 0 aliphatic carbocycles. The molecule has 0 N–H and O–H groups in total. The van der Waals surface area contributed by atoms with Gasteiger partial charge in [-0.05, 0) is 29.2 Å². The second-order valence-corrected chi connectivity index (χ2v) is 4.99. The van der Waals surface area contributed by atoms with Crippen LogP contribution in [0.5, 0.6) is 5.75 Å². The molecule has 0 saturated heterocycles. The molecule has 1 rings (SSSR count). The van der Waals surface area contributed by atoms with E-state index in [-0.39, 0.29) is 11.0 Å². The van der Waals surface area contributed by atoms with Crippen molar-refractivity contribution in [3.63, 3.8) is 0 Å². The summed E-state index contributed by atoms with van der Waals surface area (Å²) in [6, 6.07) is 9.36. The van der Waals surface area contributed by atoms with E-state index in [1.54, 1.807) is 13.2 Å². The molecular formula is C15H16N2O. The molecule has 0 radical (unpaired) electrons. The molecule has 0 aliphatic heterocycles. The third kappa shape index (κ3) is 3.12. The minimum Gasteiger partial charge on any atom is -0.496 e. The molecule has 1 aromatic carbocycles. The summed E-state index contributed by atoms with van der Waals surface area (Å²) in [7, 11) is 1.63. The molecule has 1 aromatic rings. The Morgan fingerprint density at radius 3 is 2.28 bits per heavy atom. The van der Waals surface area contributed by atoms with Crippen molar-refractivity contribution in [3.8, 4) is 17.9 Å². The maximum Gasteiger partial charge on any atom is 0.130 e. The molecule has 0 amide bonds. The number of nitriles is 2. The van der Waals surface area contributed by atoms with Crippen LogP contribution in [0.3, 0.4) is 0 Å². The number of hydrogen-bond donors (Lipinski definition) is 0. The smallest absolute Gasteiger partial charge is 0.130 e. The summed E-state index contributed by atoms with van der Waals surface area (Å²) in [5.74, 6) is 0.815. The minimum atomic E-state index is -0.0609. The van der Waals surface area contributed by atoms with E-state index in [9.17, 15) is 0 Å². The molecule has 18 heavy (non-hydrogen) atoms. The fourth-order valence-electron chi connectivity index (χ4n) is 1.66. The Labute approximate surface area is 108 Å². The van der Waals surface area contributed by atoms with E-state index in [4.69, 9.17) is 15.3 Å². The van der Waals surface area contributed by atoms with Gasteiger partial charge >= 0.3 is 0 Å². The van der Waals surface area contributed by atoms with E-state index in [0.717, 1.165) is 16.9 Å². The van der Waals surface area contributed by atoms with Gasteiger partial charge in [0.15, 0.2) is 0 Å². The van der Waals surface area contributed by atoms with Gasteiger partial charge < -0.3 is 4.74 Å². The predicted molar refractivity (Wildman–Crippen MR) is 70.9 cm³/mol. The molecule has 0 spiro atoms. The SMILES string of the molecule is COc1ccc(C=C(C#N)C#N)cc1C(C)(C)C. The second kappa shape index (κ2) is 5.38. The third-order valence-corrected chi connectivity index (χ3v) is 2.58. The predicted octanol–water partition coefficient (Wildman–Crippen LogP) is 3.42. The standard InChI is InChI=1S/C15H16N2O/c1-15(2,3)13-8-11(5-6-14(13)18-4)7-12(9-16)10-17/h5-8H,1-4H3. The van der Waals surface area contributed by atoms with Gasteiger partial charge in [0, 0.05) is 5.56 Å². The van der Waals surface area contributed by atoms with E-state index in [2.05, 4.69) is 20.8 Å². The zero-order valence-electron chi connectivity index (χ0n) is 11.1. The van der Waals surface area contributed by atoms with Crippen LogP contribution in [0.4, 0.5) is 0 Å². The fraction of sp³-hybridized carbons (Fsp3) is 0.333. The largest absolute Gasteiger partial charge is 0.496 e. The lowest BCUT2D eigenvalue weighted by molar-refractivity contribution is 0.397. The van der Waals surface area contributed by atoms with E-state index in [1.165, 1.54) is 0 Å². The number of allylic oxidation sites excluding steroid dienone is 1. The molecule has 0 aliphatic rings. The van der Waals surface area contributed by atoms with Crippen molar-refractivity contribution < 1.29 is 4.74 Å². The van der Waals surface area contributed by atoms with Crippen molar-refractivity contribution in [1.82, 2.24) is 0 Å². The lowest BCUT2D eigenvalue weighted by Gasteiger charge is -2.22. The second-order valence-electron chi connectivity index (χ2n) is 4.99. The quantitative estimate of drug-likeness (QED) is 0.744. The number of methoxy groups -OCH3 is 1. The van der Waals surface area contributed by atoms with Crippen LogP contribution in [-0.4, -0.2) is 7.11 Å². The fourth-order valence-corrected chi connectivity index (χ4v) is 1.66. The van der Waals surface area contributed by atoms with E-state index >= 15 is 0 Å².